The molecule has 0 spiro atoms. The third-order valence-corrected chi connectivity index (χ3v) is 14.9. The molecule has 9 rings (SSSR count). The molecule has 2 aliphatic heterocycles. The average Bonchev–Trinajstić information content (AvgIpc) is 4.40. The Labute approximate surface area is 481 Å². The quantitative estimate of drug-likeness (QED) is 0.0426. The normalized spacial score (nSPS) is 12.1. The first-order valence-corrected chi connectivity index (χ1v) is 29.6. The van der Waals surface area contributed by atoms with Gasteiger partial charge in [-0.25, -0.2) is 9.97 Å². The van der Waals surface area contributed by atoms with E-state index in [9.17, 15) is 0 Å². The molecule has 424 valence electrons. The van der Waals surface area contributed by atoms with Crippen molar-refractivity contribution in [3.63, 3.8) is 0 Å². The second kappa shape index (κ2) is 29.3. The van der Waals surface area contributed by atoms with Crippen LogP contribution in [0, 0.1) is 0 Å². The Hall–Kier alpha value is -7.44. The highest BCUT2D eigenvalue weighted by molar-refractivity contribution is 6.00. The average molecular weight is 1090 g/mol. The molecule has 81 heavy (non-hydrogen) atoms. The summed E-state index contributed by atoms with van der Waals surface area (Å²) in [6, 6.07) is 42.5. The van der Waals surface area contributed by atoms with E-state index >= 15 is 0 Å². The fourth-order valence-corrected chi connectivity index (χ4v) is 10.6. The van der Waals surface area contributed by atoms with Gasteiger partial charge in [0, 0.05) is 64.0 Å². The molecular weight excluding hydrogens is 1000 g/mol. The lowest BCUT2D eigenvalue weighted by atomic mass is 10.0. The Morgan fingerprint density at radius 3 is 0.914 bits per heavy atom. The zero-order valence-corrected chi connectivity index (χ0v) is 49.2. The van der Waals surface area contributed by atoms with Crippen LogP contribution in [0.3, 0.4) is 0 Å². The summed E-state index contributed by atoms with van der Waals surface area (Å²) in [7, 11) is 12.5. The molecule has 0 amide bonds. The molecular formula is C70H85N7O4. The SMILES string of the molecule is CCCCCCCCCCCOc1ccc(-c2c3nc(c(-c4ccc(OCCCN(C)C)cc4)c4ccc([nH]4)c(-c4ccc(OCCCN(C)C)cc4)c4ccc([nH]4)c(-c4ccc(OCCCN(C)C)cc4)c4nc2C=C4)C=C3)cc1. The number of rotatable bonds is 30. The van der Waals surface area contributed by atoms with E-state index in [1.807, 2.05) is 0 Å². The maximum absolute atomic E-state index is 6.35. The van der Waals surface area contributed by atoms with Gasteiger partial charge in [0.05, 0.1) is 49.2 Å². The highest BCUT2D eigenvalue weighted by Crippen LogP contribution is 2.40. The fraction of sp³-hybridized carbons (Fsp3) is 0.371. The van der Waals surface area contributed by atoms with Gasteiger partial charge >= 0.3 is 0 Å². The van der Waals surface area contributed by atoms with Crippen LogP contribution in [0.5, 0.6) is 23.0 Å². The first-order valence-electron chi connectivity index (χ1n) is 29.6. The Balaban J connectivity index is 1.18. The van der Waals surface area contributed by atoms with Gasteiger partial charge in [-0.15, -0.1) is 0 Å². The number of benzene rings is 4. The molecule has 0 saturated heterocycles. The summed E-state index contributed by atoms with van der Waals surface area (Å²) in [5.41, 5.74) is 15.1. The lowest BCUT2D eigenvalue weighted by molar-refractivity contribution is 0.281. The van der Waals surface area contributed by atoms with Gasteiger partial charge in [-0.1, -0.05) is 107 Å². The molecule has 0 fully saturated rings. The lowest BCUT2D eigenvalue weighted by Gasteiger charge is -2.11. The van der Waals surface area contributed by atoms with Crippen LogP contribution < -0.4 is 18.9 Å². The summed E-state index contributed by atoms with van der Waals surface area (Å²) in [6.07, 6.45) is 22.9. The fourth-order valence-electron chi connectivity index (χ4n) is 10.6. The van der Waals surface area contributed by atoms with Crippen molar-refractivity contribution in [2.75, 3.05) is 88.3 Å². The Kier molecular flexibility index (Phi) is 21.1. The number of ether oxygens (including phenoxy) is 4. The van der Waals surface area contributed by atoms with Crippen molar-refractivity contribution in [3.8, 4) is 67.5 Å². The molecule has 11 heteroatoms. The number of unbranched alkanes of at least 4 members (excludes halogenated alkanes) is 8. The van der Waals surface area contributed by atoms with Crippen LogP contribution in [0.15, 0.2) is 121 Å². The molecule has 0 saturated carbocycles. The van der Waals surface area contributed by atoms with Gasteiger partial charge < -0.3 is 43.6 Å². The lowest BCUT2D eigenvalue weighted by Crippen LogP contribution is -2.15. The van der Waals surface area contributed by atoms with Crippen molar-refractivity contribution in [2.45, 2.75) is 84.0 Å². The number of aromatic amines is 2. The van der Waals surface area contributed by atoms with Gasteiger partial charge in [0.15, 0.2) is 0 Å². The van der Waals surface area contributed by atoms with Gasteiger partial charge in [-0.05, 0) is 187 Å². The highest BCUT2D eigenvalue weighted by atomic mass is 16.5. The Bertz CT molecular complexity index is 3180. The zero-order chi connectivity index (χ0) is 56.3. The van der Waals surface area contributed by atoms with Crippen molar-refractivity contribution in [3.05, 3.63) is 144 Å². The van der Waals surface area contributed by atoms with E-state index < -0.39 is 0 Å². The minimum atomic E-state index is 0.644. The number of nitrogens with zero attached hydrogens (tertiary/aromatic N) is 5. The van der Waals surface area contributed by atoms with Gasteiger partial charge in [0.2, 0.25) is 0 Å². The number of nitrogens with one attached hydrogen (secondary N) is 2. The van der Waals surface area contributed by atoms with E-state index in [-0.39, 0.29) is 0 Å². The Morgan fingerprint density at radius 1 is 0.309 bits per heavy atom. The van der Waals surface area contributed by atoms with E-state index in [0.29, 0.717) is 26.4 Å². The van der Waals surface area contributed by atoms with Gasteiger partial charge in [-0.2, -0.15) is 0 Å². The summed E-state index contributed by atoms with van der Waals surface area (Å²) >= 11 is 0. The predicted molar refractivity (Wildman–Crippen MR) is 339 cm³/mol. The van der Waals surface area contributed by atoms with Crippen LogP contribution in [0.4, 0.5) is 0 Å². The molecule has 4 aromatic carbocycles. The van der Waals surface area contributed by atoms with Crippen LogP contribution in [-0.2, 0) is 0 Å². The minimum absolute atomic E-state index is 0.644. The summed E-state index contributed by atoms with van der Waals surface area (Å²) < 4.78 is 25.1. The molecule has 11 nitrogen and oxygen atoms in total. The number of H-pyrrole nitrogens is 2. The molecule has 5 heterocycles. The summed E-state index contributed by atoms with van der Waals surface area (Å²) in [6.45, 7) is 7.81. The van der Waals surface area contributed by atoms with E-state index in [1.165, 1.54) is 51.4 Å². The number of hydrogen-bond acceptors (Lipinski definition) is 9. The zero-order valence-electron chi connectivity index (χ0n) is 49.2. The van der Waals surface area contributed by atoms with Gasteiger partial charge in [0.25, 0.3) is 0 Å². The van der Waals surface area contributed by atoms with Crippen LogP contribution in [0.25, 0.3) is 90.9 Å². The minimum Gasteiger partial charge on any atom is -0.494 e. The van der Waals surface area contributed by atoms with Crippen molar-refractivity contribution in [1.29, 1.82) is 0 Å². The van der Waals surface area contributed by atoms with Crippen molar-refractivity contribution in [2.24, 2.45) is 0 Å². The third-order valence-electron chi connectivity index (χ3n) is 14.9. The third kappa shape index (κ3) is 16.2. The first kappa shape index (κ1) is 58.2. The molecule has 8 bridgehead atoms. The standard InChI is InChI=1S/C70H85N7O4/c1-8-9-10-11-12-13-14-15-16-47-78-55-28-20-51(21-29-55)67-59-36-38-61(71-59)68(52-22-30-56(31-23-52)79-48-17-44-75(2)3)63-40-42-65(73-63)70(54-26-34-58(35-27-54)81-50-19-46-77(6)7)66-43-41-64(74-66)69(62-39-37-60(67)72-62)53-24-32-57(33-25-53)80-49-18-45-76(4)5/h20-43,73-74H,8-19,44-50H2,1-7H3. The maximum atomic E-state index is 6.35. The highest BCUT2D eigenvalue weighted by Gasteiger charge is 2.20. The molecule has 3 aromatic heterocycles. The van der Waals surface area contributed by atoms with Crippen LogP contribution >= 0.6 is 0 Å². The maximum Gasteiger partial charge on any atom is 0.119 e. The molecule has 0 unspecified atom stereocenters. The van der Waals surface area contributed by atoms with Crippen molar-refractivity contribution in [1.82, 2.24) is 34.6 Å². The number of hydrogen-bond donors (Lipinski definition) is 2. The van der Waals surface area contributed by atoms with Crippen LogP contribution in [0.2, 0.25) is 0 Å². The number of aromatic nitrogens is 4. The van der Waals surface area contributed by atoms with Gasteiger partial charge in [0.1, 0.15) is 23.0 Å². The van der Waals surface area contributed by atoms with Crippen molar-refractivity contribution >= 4 is 46.4 Å². The monoisotopic (exact) mass is 1090 g/mol. The molecule has 7 aromatic rings. The van der Waals surface area contributed by atoms with E-state index in [2.05, 4.69) is 220 Å². The second-order valence-corrected chi connectivity index (χ2v) is 22.3. The first-order chi connectivity index (χ1) is 39.6. The van der Waals surface area contributed by atoms with Crippen LogP contribution in [-0.4, -0.2) is 123 Å². The molecule has 2 aliphatic rings. The van der Waals surface area contributed by atoms with Crippen LogP contribution in [0.1, 0.15) is 107 Å². The van der Waals surface area contributed by atoms with E-state index in [0.717, 1.165) is 158 Å². The summed E-state index contributed by atoms with van der Waals surface area (Å²) in [5, 5.41) is 0. The topological polar surface area (TPSA) is 104 Å². The van der Waals surface area contributed by atoms with E-state index in [1.54, 1.807) is 0 Å². The van der Waals surface area contributed by atoms with Gasteiger partial charge in [-0.3, -0.25) is 0 Å². The smallest absolute Gasteiger partial charge is 0.119 e. The second-order valence-electron chi connectivity index (χ2n) is 22.3. The van der Waals surface area contributed by atoms with Crippen molar-refractivity contribution < 1.29 is 18.9 Å². The summed E-state index contributed by atoms with van der Waals surface area (Å²) in [4.78, 5) is 25.5. The predicted octanol–water partition coefficient (Wildman–Crippen LogP) is 16.2. The largest absolute Gasteiger partial charge is 0.494 e. The molecule has 0 aliphatic carbocycles. The molecule has 0 atom stereocenters. The molecule has 2 N–H and O–H groups in total. The summed E-state index contributed by atoms with van der Waals surface area (Å²) in [5.74, 6) is 3.38. The Morgan fingerprint density at radius 2 is 0.580 bits per heavy atom. The number of fused-ring (bicyclic) bond motifs is 8. The van der Waals surface area contributed by atoms with E-state index in [4.69, 9.17) is 28.9 Å². The molecule has 0 radical (unpaired) electrons.